The summed E-state index contributed by atoms with van der Waals surface area (Å²) in [4.78, 5) is 20.9. The van der Waals surface area contributed by atoms with Crippen LogP contribution in [-0.2, 0) is 6.42 Å². The maximum absolute atomic E-state index is 12.4. The molecule has 5 nitrogen and oxygen atoms in total. The van der Waals surface area contributed by atoms with E-state index in [1.165, 1.54) is 24.9 Å². The lowest BCUT2D eigenvalue weighted by Gasteiger charge is -2.24. The van der Waals surface area contributed by atoms with Gasteiger partial charge in [0.1, 0.15) is 0 Å². The molecule has 1 aromatic heterocycles. The van der Waals surface area contributed by atoms with Gasteiger partial charge in [-0.25, -0.2) is 4.79 Å². The Balaban J connectivity index is 1.42. The number of nitrogens with zero attached hydrogens (tertiary/aromatic N) is 3. The van der Waals surface area contributed by atoms with Gasteiger partial charge in [-0.3, -0.25) is 9.88 Å². The molecule has 0 aromatic carbocycles. The van der Waals surface area contributed by atoms with E-state index in [4.69, 9.17) is 0 Å². The summed E-state index contributed by atoms with van der Waals surface area (Å²) < 4.78 is 0. The standard InChI is InChI=1S/C18H28N4O/c1-2-21-10-3-4-17(21)13-20-18(23)22-11-7-16(14-22)12-15-5-8-19-9-6-15/h5-6,8-9,16-17H,2-4,7,10-14H2,1H3,(H,20,23). The highest BCUT2D eigenvalue weighted by atomic mass is 16.2. The van der Waals surface area contributed by atoms with Gasteiger partial charge in [0, 0.05) is 38.1 Å². The van der Waals surface area contributed by atoms with Crippen molar-refractivity contribution in [1.29, 1.82) is 0 Å². The monoisotopic (exact) mass is 316 g/mol. The first-order chi connectivity index (χ1) is 11.3. The fourth-order valence-corrected chi connectivity index (χ4v) is 3.90. The molecule has 2 unspecified atom stereocenters. The third-order valence-corrected chi connectivity index (χ3v) is 5.24. The summed E-state index contributed by atoms with van der Waals surface area (Å²) >= 11 is 0. The molecule has 23 heavy (non-hydrogen) atoms. The first kappa shape index (κ1) is 16.2. The predicted octanol–water partition coefficient (Wildman–Crippen LogP) is 2.14. The van der Waals surface area contributed by atoms with E-state index in [0.29, 0.717) is 12.0 Å². The Morgan fingerprint density at radius 2 is 2.13 bits per heavy atom. The number of carbonyl (C=O) groups excluding carboxylic acids is 1. The first-order valence-electron chi connectivity index (χ1n) is 8.92. The van der Waals surface area contributed by atoms with Crippen LogP contribution in [0.4, 0.5) is 4.79 Å². The molecule has 0 aliphatic carbocycles. The summed E-state index contributed by atoms with van der Waals surface area (Å²) in [5, 5.41) is 3.15. The number of amides is 2. The van der Waals surface area contributed by atoms with Crippen LogP contribution in [0.5, 0.6) is 0 Å². The number of hydrogen-bond donors (Lipinski definition) is 1. The van der Waals surface area contributed by atoms with E-state index in [0.717, 1.165) is 39.0 Å². The molecular formula is C18H28N4O. The zero-order valence-corrected chi connectivity index (χ0v) is 14.1. The Bertz CT molecular complexity index is 507. The number of likely N-dealkylation sites (N-methyl/N-ethyl adjacent to an activating group) is 1. The number of hydrogen-bond acceptors (Lipinski definition) is 3. The van der Waals surface area contributed by atoms with Crippen LogP contribution in [0, 0.1) is 5.92 Å². The molecule has 5 heteroatoms. The highest BCUT2D eigenvalue weighted by molar-refractivity contribution is 5.74. The van der Waals surface area contributed by atoms with Crippen LogP contribution in [0.1, 0.15) is 31.7 Å². The number of rotatable bonds is 5. The molecule has 2 amide bonds. The molecule has 3 rings (SSSR count). The number of likely N-dealkylation sites (tertiary alicyclic amines) is 2. The smallest absolute Gasteiger partial charge is 0.317 e. The van der Waals surface area contributed by atoms with E-state index in [9.17, 15) is 4.79 Å². The second-order valence-corrected chi connectivity index (χ2v) is 6.77. The average molecular weight is 316 g/mol. The van der Waals surface area contributed by atoms with E-state index in [1.807, 2.05) is 17.3 Å². The Morgan fingerprint density at radius 1 is 1.30 bits per heavy atom. The van der Waals surface area contributed by atoms with Crippen molar-refractivity contribution in [2.45, 2.75) is 38.6 Å². The maximum atomic E-state index is 12.4. The Labute approximate surface area is 139 Å². The van der Waals surface area contributed by atoms with Gasteiger partial charge in [-0.05, 0) is 62.4 Å². The van der Waals surface area contributed by atoms with Gasteiger partial charge in [-0.15, -0.1) is 0 Å². The number of aromatic nitrogens is 1. The van der Waals surface area contributed by atoms with Crippen LogP contribution >= 0.6 is 0 Å². The van der Waals surface area contributed by atoms with Crippen molar-refractivity contribution in [2.24, 2.45) is 5.92 Å². The maximum Gasteiger partial charge on any atom is 0.317 e. The van der Waals surface area contributed by atoms with E-state index in [2.05, 4.69) is 34.3 Å². The van der Waals surface area contributed by atoms with Crippen molar-refractivity contribution < 1.29 is 4.79 Å². The van der Waals surface area contributed by atoms with Gasteiger partial charge in [-0.2, -0.15) is 0 Å². The molecule has 1 aromatic rings. The van der Waals surface area contributed by atoms with Crippen molar-refractivity contribution in [3.63, 3.8) is 0 Å². The van der Waals surface area contributed by atoms with E-state index in [-0.39, 0.29) is 6.03 Å². The quantitative estimate of drug-likeness (QED) is 0.905. The minimum Gasteiger partial charge on any atom is -0.336 e. The lowest BCUT2D eigenvalue weighted by Crippen LogP contribution is -2.45. The van der Waals surface area contributed by atoms with E-state index < -0.39 is 0 Å². The van der Waals surface area contributed by atoms with Gasteiger partial charge in [0.25, 0.3) is 0 Å². The van der Waals surface area contributed by atoms with E-state index >= 15 is 0 Å². The molecule has 0 saturated carbocycles. The average Bonchev–Trinajstić information content (AvgIpc) is 3.22. The van der Waals surface area contributed by atoms with E-state index in [1.54, 1.807) is 0 Å². The fourth-order valence-electron chi connectivity index (χ4n) is 3.90. The van der Waals surface area contributed by atoms with Crippen LogP contribution in [-0.4, -0.2) is 59.6 Å². The fraction of sp³-hybridized carbons (Fsp3) is 0.667. The highest BCUT2D eigenvalue weighted by Crippen LogP contribution is 2.21. The van der Waals surface area contributed by atoms with Crippen molar-refractivity contribution in [2.75, 3.05) is 32.7 Å². The minimum absolute atomic E-state index is 0.116. The Morgan fingerprint density at radius 3 is 2.91 bits per heavy atom. The molecule has 0 radical (unpaired) electrons. The predicted molar refractivity (Wildman–Crippen MR) is 91.3 cm³/mol. The summed E-state index contributed by atoms with van der Waals surface area (Å²) in [6.45, 7) is 7.00. The lowest BCUT2D eigenvalue weighted by atomic mass is 10.00. The van der Waals surface area contributed by atoms with Crippen molar-refractivity contribution >= 4 is 6.03 Å². The number of carbonyl (C=O) groups is 1. The lowest BCUT2D eigenvalue weighted by molar-refractivity contribution is 0.199. The molecule has 2 fully saturated rings. The molecule has 2 aliphatic heterocycles. The summed E-state index contributed by atoms with van der Waals surface area (Å²) in [6, 6.07) is 4.79. The van der Waals surface area contributed by atoms with Gasteiger partial charge in [0.2, 0.25) is 0 Å². The van der Waals surface area contributed by atoms with Crippen molar-refractivity contribution in [3.05, 3.63) is 30.1 Å². The highest BCUT2D eigenvalue weighted by Gasteiger charge is 2.28. The van der Waals surface area contributed by atoms with Crippen LogP contribution in [0.25, 0.3) is 0 Å². The molecule has 1 N–H and O–H groups in total. The Kier molecular flexibility index (Phi) is 5.49. The zero-order valence-electron chi connectivity index (χ0n) is 14.1. The number of urea groups is 1. The number of pyridine rings is 1. The molecule has 2 aliphatic rings. The van der Waals surface area contributed by atoms with Gasteiger partial charge in [-0.1, -0.05) is 6.92 Å². The molecule has 2 saturated heterocycles. The molecule has 0 bridgehead atoms. The van der Waals surface area contributed by atoms with Crippen LogP contribution in [0.2, 0.25) is 0 Å². The molecular weight excluding hydrogens is 288 g/mol. The van der Waals surface area contributed by atoms with Crippen LogP contribution < -0.4 is 5.32 Å². The second kappa shape index (κ2) is 7.77. The normalized spacial score (nSPS) is 25.0. The van der Waals surface area contributed by atoms with Gasteiger partial charge in [0.15, 0.2) is 0 Å². The topological polar surface area (TPSA) is 48.5 Å². The van der Waals surface area contributed by atoms with Gasteiger partial charge >= 0.3 is 6.03 Å². The summed E-state index contributed by atoms with van der Waals surface area (Å²) in [5.74, 6) is 0.571. The third kappa shape index (κ3) is 4.22. The summed E-state index contributed by atoms with van der Waals surface area (Å²) in [5.41, 5.74) is 1.32. The molecule has 2 atom stereocenters. The van der Waals surface area contributed by atoms with Crippen molar-refractivity contribution in [1.82, 2.24) is 20.1 Å². The van der Waals surface area contributed by atoms with Crippen molar-refractivity contribution in [3.8, 4) is 0 Å². The summed E-state index contributed by atoms with van der Waals surface area (Å²) in [7, 11) is 0. The molecule has 126 valence electrons. The zero-order chi connectivity index (χ0) is 16.1. The minimum atomic E-state index is 0.116. The molecule has 3 heterocycles. The number of nitrogens with one attached hydrogen (secondary N) is 1. The van der Waals surface area contributed by atoms with Gasteiger partial charge < -0.3 is 10.2 Å². The third-order valence-electron chi connectivity index (χ3n) is 5.24. The van der Waals surface area contributed by atoms with Crippen LogP contribution in [0.3, 0.4) is 0 Å². The Hall–Kier alpha value is -1.62. The first-order valence-corrected chi connectivity index (χ1v) is 8.92. The van der Waals surface area contributed by atoms with Gasteiger partial charge in [0.05, 0.1) is 0 Å². The van der Waals surface area contributed by atoms with Crippen LogP contribution in [0.15, 0.2) is 24.5 Å². The SMILES string of the molecule is CCN1CCCC1CNC(=O)N1CCC(Cc2ccncc2)C1. The molecule has 0 spiro atoms. The largest absolute Gasteiger partial charge is 0.336 e. The second-order valence-electron chi connectivity index (χ2n) is 6.77. The summed E-state index contributed by atoms with van der Waals surface area (Å²) in [6.07, 6.45) is 8.29.